The standard InChI is InChI=1S/C22H18N2/c1-24-22(19-15-9-4-10-16-19)20(17-11-5-2-6-12-17)21(23-24)18-13-7-3-8-14-18/h2-16H,1H3. The molecule has 0 unspecified atom stereocenters. The van der Waals surface area contributed by atoms with Gasteiger partial charge in [0.05, 0.1) is 5.69 Å². The number of hydrogen-bond donors (Lipinski definition) is 0. The highest BCUT2D eigenvalue weighted by Gasteiger charge is 2.19. The van der Waals surface area contributed by atoms with Crippen LogP contribution >= 0.6 is 0 Å². The van der Waals surface area contributed by atoms with Crippen LogP contribution in [0.15, 0.2) is 91.0 Å². The van der Waals surface area contributed by atoms with Crippen molar-refractivity contribution in [2.45, 2.75) is 0 Å². The molecular formula is C22H18N2. The Labute approximate surface area is 142 Å². The van der Waals surface area contributed by atoms with Crippen LogP contribution in [0, 0.1) is 0 Å². The van der Waals surface area contributed by atoms with Gasteiger partial charge in [-0.1, -0.05) is 91.0 Å². The van der Waals surface area contributed by atoms with E-state index in [4.69, 9.17) is 5.10 Å². The molecule has 0 atom stereocenters. The summed E-state index contributed by atoms with van der Waals surface area (Å²) in [4.78, 5) is 0. The molecule has 0 aliphatic carbocycles. The van der Waals surface area contributed by atoms with Crippen LogP contribution in [-0.4, -0.2) is 9.78 Å². The van der Waals surface area contributed by atoms with E-state index in [1.807, 2.05) is 29.9 Å². The van der Waals surface area contributed by atoms with Crippen LogP contribution in [-0.2, 0) is 7.05 Å². The lowest BCUT2D eigenvalue weighted by Crippen LogP contribution is -1.94. The summed E-state index contributed by atoms with van der Waals surface area (Å²) < 4.78 is 1.99. The lowest BCUT2D eigenvalue weighted by atomic mass is 9.96. The van der Waals surface area contributed by atoms with Crippen LogP contribution in [0.5, 0.6) is 0 Å². The number of rotatable bonds is 3. The Bertz CT molecular complexity index is 939. The maximum Gasteiger partial charge on any atom is 0.101 e. The Morgan fingerprint density at radius 1 is 0.583 bits per heavy atom. The average Bonchev–Trinajstić information content (AvgIpc) is 3.01. The second-order valence-electron chi connectivity index (χ2n) is 5.79. The van der Waals surface area contributed by atoms with E-state index in [1.54, 1.807) is 0 Å². The maximum absolute atomic E-state index is 4.85. The third-order valence-corrected chi connectivity index (χ3v) is 4.20. The van der Waals surface area contributed by atoms with E-state index < -0.39 is 0 Å². The highest BCUT2D eigenvalue weighted by atomic mass is 15.3. The molecule has 4 rings (SSSR count). The van der Waals surface area contributed by atoms with Crippen LogP contribution in [0.1, 0.15) is 0 Å². The summed E-state index contributed by atoms with van der Waals surface area (Å²) >= 11 is 0. The van der Waals surface area contributed by atoms with E-state index in [-0.39, 0.29) is 0 Å². The molecule has 0 amide bonds. The van der Waals surface area contributed by atoms with Crippen molar-refractivity contribution in [2.24, 2.45) is 7.05 Å². The van der Waals surface area contributed by atoms with Gasteiger partial charge in [0.1, 0.15) is 5.69 Å². The number of aromatic nitrogens is 2. The molecule has 4 aromatic rings. The minimum absolute atomic E-state index is 1.02. The van der Waals surface area contributed by atoms with Gasteiger partial charge in [0.25, 0.3) is 0 Å². The van der Waals surface area contributed by atoms with Crippen molar-refractivity contribution in [3.05, 3.63) is 91.0 Å². The van der Waals surface area contributed by atoms with E-state index in [2.05, 4.69) is 72.8 Å². The summed E-state index contributed by atoms with van der Waals surface area (Å²) in [6.07, 6.45) is 0. The molecule has 1 heterocycles. The van der Waals surface area contributed by atoms with Crippen LogP contribution in [0.3, 0.4) is 0 Å². The lowest BCUT2D eigenvalue weighted by Gasteiger charge is -2.08. The van der Waals surface area contributed by atoms with Gasteiger partial charge in [0, 0.05) is 23.7 Å². The first-order valence-corrected chi connectivity index (χ1v) is 8.08. The predicted octanol–water partition coefficient (Wildman–Crippen LogP) is 5.42. The SMILES string of the molecule is Cn1nc(-c2ccccc2)c(-c2ccccc2)c1-c1ccccc1. The quantitative estimate of drug-likeness (QED) is 0.494. The summed E-state index contributed by atoms with van der Waals surface area (Å²) in [6.45, 7) is 0. The van der Waals surface area contributed by atoms with Crippen LogP contribution in [0.4, 0.5) is 0 Å². The fourth-order valence-corrected chi connectivity index (χ4v) is 3.13. The van der Waals surface area contributed by atoms with Gasteiger partial charge in [0.2, 0.25) is 0 Å². The Kier molecular flexibility index (Phi) is 3.72. The molecule has 0 bridgehead atoms. The van der Waals surface area contributed by atoms with E-state index in [9.17, 15) is 0 Å². The third-order valence-electron chi connectivity index (χ3n) is 4.20. The van der Waals surface area contributed by atoms with E-state index >= 15 is 0 Å². The smallest absolute Gasteiger partial charge is 0.101 e. The van der Waals surface area contributed by atoms with Crippen molar-refractivity contribution >= 4 is 0 Å². The summed E-state index contributed by atoms with van der Waals surface area (Å²) in [6, 6.07) is 31.3. The number of benzene rings is 3. The molecule has 0 saturated carbocycles. The molecule has 0 radical (unpaired) electrons. The summed E-state index contributed by atoms with van der Waals surface area (Å²) in [5.74, 6) is 0. The zero-order chi connectivity index (χ0) is 16.4. The maximum atomic E-state index is 4.85. The molecule has 0 saturated heterocycles. The third kappa shape index (κ3) is 2.52. The Morgan fingerprint density at radius 3 is 1.58 bits per heavy atom. The van der Waals surface area contributed by atoms with E-state index in [1.165, 1.54) is 16.7 Å². The summed E-state index contributed by atoms with van der Waals surface area (Å²) in [5.41, 5.74) is 6.82. The van der Waals surface area contributed by atoms with E-state index in [0.717, 1.165) is 17.0 Å². The van der Waals surface area contributed by atoms with Gasteiger partial charge in [-0.05, 0) is 5.56 Å². The number of hydrogen-bond acceptors (Lipinski definition) is 1. The first-order chi connectivity index (χ1) is 11.8. The second-order valence-corrected chi connectivity index (χ2v) is 5.79. The van der Waals surface area contributed by atoms with Crippen LogP contribution < -0.4 is 0 Å². The molecule has 3 aromatic carbocycles. The van der Waals surface area contributed by atoms with Crippen molar-refractivity contribution in [1.29, 1.82) is 0 Å². The molecule has 0 N–H and O–H groups in total. The van der Waals surface area contributed by atoms with Gasteiger partial charge >= 0.3 is 0 Å². The minimum atomic E-state index is 1.02. The van der Waals surface area contributed by atoms with Gasteiger partial charge < -0.3 is 0 Å². The summed E-state index contributed by atoms with van der Waals surface area (Å²) in [7, 11) is 2.02. The van der Waals surface area contributed by atoms with Crippen molar-refractivity contribution in [3.8, 4) is 33.6 Å². The fraction of sp³-hybridized carbons (Fsp3) is 0.0455. The van der Waals surface area contributed by atoms with Gasteiger partial charge in [-0.3, -0.25) is 4.68 Å². The Hall–Kier alpha value is -3.13. The molecule has 2 nitrogen and oxygen atoms in total. The number of aryl methyl sites for hydroxylation is 1. The number of nitrogens with zero attached hydrogens (tertiary/aromatic N) is 2. The Morgan fingerprint density at radius 2 is 1.04 bits per heavy atom. The Balaban J connectivity index is 2.03. The van der Waals surface area contributed by atoms with Gasteiger partial charge in [-0.2, -0.15) is 5.10 Å². The van der Waals surface area contributed by atoms with Crippen LogP contribution in [0.25, 0.3) is 33.6 Å². The van der Waals surface area contributed by atoms with Gasteiger partial charge in [-0.25, -0.2) is 0 Å². The van der Waals surface area contributed by atoms with Crippen LogP contribution in [0.2, 0.25) is 0 Å². The highest BCUT2D eigenvalue weighted by molar-refractivity contribution is 5.91. The van der Waals surface area contributed by atoms with Gasteiger partial charge in [-0.15, -0.1) is 0 Å². The lowest BCUT2D eigenvalue weighted by molar-refractivity contribution is 0.779. The first kappa shape index (κ1) is 14.5. The molecule has 2 heteroatoms. The van der Waals surface area contributed by atoms with Crippen molar-refractivity contribution in [1.82, 2.24) is 9.78 Å². The fourth-order valence-electron chi connectivity index (χ4n) is 3.13. The van der Waals surface area contributed by atoms with Crippen molar-refractivity contribution in [3.63, 3.8) is 0 Å². The predicted molar refractivity (Wildman–Crippen MR) is 99.5 cm³/mol. The zero-order valence-electron chi connectivity index (χ0n) is 13.6. The topological polar surface area (TPSA) is 17.8 Å². The second kappa shape index (κ2) is 6.17. The molecule has 0 fully saturated rings. The molecule has 116 valence electrons. The normalized spacial score (nSPS) is 10.7. The molecule has 0 spiro atoms. The van der Waals surface area contributed by atoms with Gasteiger partial charge in [0.15, 0.2) is 0 Å². The average molecular weight is 310 g/mol. The largest absolute Gasteiger partial charge is 0.267 e. The highest BCUT2D eigenvalue weighted by Crippen LogP contribution is 2.39. The van der Waals surface area contributed by atoms with Crippen molar-refractivity contribution in [2.75, 3.05) is 0 Å². The first-order valence-electron chi connectivity index (χ1n) is 8.08. The minimum Gasteiger partial charge on any atom is -0.267 e. The molecule has 24 heavy (non-hydrogen) atoms. The molecule has 1 aromatic heterocycles. The zero-order valence-corrected chi connectivity index (χ0v) is 13.6. The molecule has 0 aliphatic rings. The molecule has 0 aliphatic heterocycles. The van der Waals surface area contributed by atoms with E-state index in [0.29, 0.717) is 0 Å². The molecular weight excluding hydrogens is 292 g/mol. The monoisotopic (exact) mass is 310 g/mol. The summed E-state index contributed by atoms with van der Waals surface area (Å²) in [5, 5.41) is 4.85. The van der Waals surface area contributed by atoms with Crippen molar-refractivity contribution < 1.29 is 0 Å².